The van der Waals surface area contributed by atoms with E-state index in [9.17, 15) is 4.79 Å². The Morgan fingerprint density at radius 3 is 2.85 bits per heavy atom. The smallest absolute Gasteiger partial charge is 0.412 e. The van der Waals surface area contributed by atoms with Crippen molar-refractivity contribution >= 4 is 55.3 Å². The van der Waals surface area contributed by atoms with Crippen molar-refractivity contribution in [2.75, 3.05) is 5.32 Å². The molecule has 20 heavy (non-hydrogen) atoms. The van der Waals surface area contributed by atoms with Gasteiger partial charge in [0.1, 0.15) is 10.6 Å². The van der Waals surface area contributed by atoms with Crippen LogP contribution in [0.5, 0.6) is 0 Å². The molecule has 0 aliphatic carbocycles. The fourth-order valence-corrected chi connectivity index (χ4v) is 2.90. The third-order valence-electron chi connectivity index (χ3n) is 2.26. The van der Waals surface area contributed by atoms with E-state index in [0.717, 1.165) is 15.2 Å². The summed E-state index contributed by atoms with van der Waals surface area (Å²) in [5.41, 5.74) is 1.10. The van der Waals surface area contributed by atoms with Gasteiger partial charge in [-0.05, 0) is 50.0 Å². The molecule has 0 spiro atoms. The van der Waals surface area contributed by atoms with E-state index in [1.54, 1.807) is 16.3 Å². The topological polar surface area (TPSA) is 51.2 Å². The van der Waals surface area contributed by atoms with Gasteiger partial charge in [0.2, 0.25) is 0 Å². The number of anilines is 1. The SMILES string of the molecule is CC(C)(C)OC(=O)Nc1ccc2nc(/C=C/Br)sc2c1. The van der Waals surface area contributed by atoms with Gasteiger partial charge in [0.25, 0.3) is 0 Å². The minimum Gasteiger partial charge on any atom is -0.444 e. The van der Waals surface area contributed by atoms with Crippen LogP contribution in [0, 0.1) is 0 Å². The standard InChI is InChI=1S/C14H15BrN2O2S/c1-14(2,3)19-13(18)16-9-4-5-10-11(8-9)20-12(17-10)6-7-15/h4-8H,1-3H3,(H,16,18)/b7-6+. The highest BCUT2D eigenvalue weighted by Crippen LogP contribution is 2.26. The predicted molar refractivity (Wildman–Crippen MR) is 87.4 cm³/mol. The normalized spacial score (nSPS) is 12.0. The number of amides is 1. The van der Waals surface area contributed by atoms with E-state index in [2.05, 4.69) is 26.2 Å². The number of nitrogens with zero attached hydrogens (tertiary/aromatic N) is 1. The first-order valence-electron chi connectivity index (χ1n) is 6.05. The van der Waals surface area contributed by atoms with Gasteiger partial charge in [-0.15, -0.1) is 11.3 Å². The zero-order valence-electron chi connectivity index (χ0n) is 11.4. The van der Waals surface area contributed by atoms with Crippen molar-refractivity contribution in [1.82, 2.24) is 4.98 Å². The van der Waals surface area contributed by atoms with Crippen molar-refractivity contribution in [3.63, 3.8) is 0 Å². The molecule has 4 nitrogen and oxygen atoms in total. The zero-order chi connectivity index (χ0) is 14.8. The second-order valence-corrected chi connectivity index (χ2v) is 6.75. The van der Waals surface area contributed by atoms with E-state index in [1.807, 2.05) is 45.0 Å². The first-order chi connectivity index (χ1) is 9.37. The summed E-state index contributed by atoms with van der Waals surface area (Å²) in [7, 11) is 0. The van der Waals surface area contributed by atoms with Gasteiger partial charge in [0, 0.05) is 5.69 Å². The lowest BCUT2D eigenvalue weighted by Gasteiger charge is -2.19. The van der Waals surface area contributed by atoms with Crippen molar-refractivity contribution < 1.29 is 9.53 Å². The van der Waals surface area contributed by atoms with E-state index in [4.69, 9.17) is 4.74 Å². The largest absolute Gasteiger partial charge is 0.444 e. The van der Waals surface area contributed by atoms with Crippen molar-refractivity contribution in [3.8, 4) is 0 Å². The van der Waals surface area contributed by atoms with Crippen LogP contribution in [0.2, 0.25) is 0 Å². The maximum atomic E-state index is 11.7. The highest BCUT2D eigenvalue weighted by molar-refractivity contribution is 9.11. The van der Waals surface area contributed by atoms with Gasteiger partial charge in [-0.1, -0.05) is 15.9 Å². The summed E-state index contributed by atoms with van der Waals surface area (Å²) in [5, 5.41) is 3.63. The lowest BCUT2D eigenvalue weighted by atomic mass is 10.2. The number of halogens is 1. The van der Waals surface area contributed by atoms with E-state index >= 15 is 0 Å². The first kappa shape index (κ1) is 15.0. The number of hydrogen-bond donors (Lipinski definition) is 1. The van der Waals surface area contributed by atoms with Crippen LogP contribution in [-0.4, -0.2) is 16.7 Å². The van der Waals surface area contributed by atoms with Gasteiger partial charge in [-0.2, -0.15) is 0 Å². The summed E-state index contributed by atoms with van der Waals surface area (Å²) in [6, 6.07) is 5.58. The van der Waals surface area contributed by atoms with Crippen LogP contribution in [0.1, 0.15) is 25.8 Å². The van der Waals surface area contributed by atoms with Gasteiger partial charge in [0.05, 0.1) is 10.2 Å². The van der Waals surface area contributed by atoms with Gasteiger partial charge in [-0.25, -0.2) is 9.78 Å². The molecule has 0 radical (unpaired) electrons. The summed E-state index contributed by atoms with van der Waals surface area (Å²) < 4.78 is 6.23. The molecular weight excluding hydrogens is 340 g/mol. The van der Waals surface area contributed by atoms with Gasteiger partial charge in [-0.3, -0.25) is 5.32 Å². The van der Waals surface area contributed by atoms with Crippen molar-refractivity contribution in [1.29, 1.82) is 0 Å². The fraction of sp³-hybridized carbons (Fsp3) is 0.286. The number of ether oxygens (including phenoxy) is 1. The van der Waals surface area contributed by atoms with E-state index in [0.29, 0.717) is 5.69 Å². The maximum Gasteiger partial charge on any atom is 0.412 e. The van der Waals surface area contributed by atoms with Gasteiger partial charge in [0.15, 0.2) is 0 Å². The number of carbonyl (C=O) groups is 1. The van der Waals surface area contributed by atoms with Crippen LogP contribution in [0.3, 0.4) is 0 Å². The van der Waals surface area contributed by atoms with Crippen LogP contribution >= 0.6 is 27.3 Å². The molecule has 1 N–H and O–H groups in total. The third-order valence-corrected chi connectivity index (χ3v) is 3.50. The van der Waals surface area contributed by atoms with E-state index < -0.39 is 11.7 Å². The molecular formula is C14H15BrN2O2S. The Hall–Kier alpha value is -1.40. The van der Waals surface area contributed by atoms with E-state index in [1.165, 1.54) is 0 Å². The van der Waals surface area contributed by atoms with Crippen molar-refractivity contribution in [3.05, 3.63) is 28.2 Å². The third kappa shape index (κ3) is 4.05. The number of nitrogens with one attached hydrogen (secondary N) is 1. The maximum absolute atomic E-state index is 11.7. The number of thiazole rings is 1. The molecule has 0 unspecified atom stereocenters. The van der Waals surface area contributed by atoms with Gasteiger partial charge < -0.3 is 4.74 Å². The second-order valence-electron chi connectivity index (χ2n) is 5.15. The summed E-state index contributed by atoms with van der Waals surface area (Å²) >= 11 is 4.79. The summed E-state index contributed by atoms with van der Waals surface area (Å²) in [6.45, 7) is 5.49. The molecule has 0 atom stereocenters. The molecule has 0 saturated heterocycles. The molecule has 0 aliphatic rings. The highest BCUT2D eigenvalue weighted by Gasteiger charge is 2.16. The van der Waals surface area contributed by atoms with Crippen LogP contribution in [-0.2, 0) is 4.74 Å². The highest BCUT2D eigenvalue weighted by atomic mass is 79.9. The minimum absolute atomic E-state index is 0.457. The first-order valence-corrected chi connectivity index (χ1v) is 7.78. The molecule has 1 aromatic heterocycles. The lowest BCUT2D eigenvalue weighted by Crippen LogP contribution is -2.27. The molecule has 2 aromatic rings. The second kappa shape index (κ2) is 5.93. The van der Waals surface area contributed by atoms with Crippen LogP contribution in [0.4, 0.5) is 10.5 Å². The number of aromatic nitrogens is 1. The van der Waals surface area contributed by atoms with Crippen LogP contribution < -0.4 is 5.32 Å². The molecule has 1 amide bonds. The Labute approximate surface area is 130 Å². The molecule has 6 heteroatoms. The molecule has 0 aliphatic heterocycles. The summed E-state index contributed by atoms with van der Waals surface area (Å²) in [4.78, 5) is 17.9. The van der Waals surface area contributed by atoms with Crippen LogP contribution in [0.15, 0.2) is 23.2 Å². The summed E-state index contributed by atoms with van der Waals surface area (Å²) in [5.74, 6) is 0. The van der Waals surface area contributed by atoms with Crippen molar-refractivity contribution in [2.45, 2.75) is 26.4 Å². The molecule has 106 valence electrons. The van der Waals surface area contributed by atoms with Crippen molar-refractivity contribution in [2.24, 2.45) is 0 Å². The lowest BCUT2D eigenvalue weighted by molar-refractivity contribution is 0.0636. The quantitative estimate of drug-likeness (QED) is 0.824. The Kier molecular flexibility index (Phi) is 4.45. The average molecular weight is 355 g/mol. The van der Waals surface area contributed by atoms with Crippen LogP contribution in [0.25, 0.3) is 16.3 Å². The van der Waals surface area contributed by atoms with Gasteiger partial charge >= 0.3 is 6.09 Å². The fourth-order valence-electron chi connectivity index (χ4n) is 1.57. The molecule has 0 fully saturated rings. The number of benzene rings is 1. The number of carbonyl (C=O) groups excluding carboxylic acids is 1. The zero-order valence-corrected chi connectivity index (χ0v) is 13.8. The molecule has 0 saturated carbocycles. The molecule has 1 aromatic carbocycles. The monoisotopic (exact) mass is 354 g/mol. The Bertz CT molecular complexity index is 659. The minimum atomic E-state index is -0.507. The number of fused-ring (bicyclic) bond motifs is 1. The summed E-state index contributed by atoms with van der Waals surface area (Å²) in [6.07, 6.45) is 1.42. The molecule has 2 rings (SSSR count). The molecule has 0 bridgehead atoms. The number of rotatable bonds is 2. The Balaban J connectivity index is 2.17. The number of hydrogen-bond acceptors (Lipinski definition) is 4. The Morgan fingerprint density at radius 1 is 1.45 bits per heavy atom. The predicted octanol–water partition coefficient (Wildman–Crippen LogP) is 5.01. The average Bonchev–Trinajstić information content (AvgIpc) is 2.68. The van der Waals surface area contributed by atoms with E-state index in [-0.39, 0.29) is 0 Å². The molecule has 1 heterocycles. The Morgan fingerprint density at radius 2 is 2.20 bits per heavy atom.